The Labute approximate surface area is 109 Å². The van der Waals surface area contributed by atoms with E-state index in [0.717, 1.165) is 4.88 Å². The molecular formula is C14H13FO2S. The molecule has 0 aliphatic heterocycles. The molecule has 0 radical (unpaired) electrons. The van der Waals surface area contributed by atoms with E-state index in [1.165, 1.54) is 17.4 Å². The molecule has 1 aromatic heterocycles. The number of carbonyl (C=O) groups excluding carboxylic acids is 1. The van der Waals surface area contributed by atoms with Crippen LogP contribution in [0.2, 0.25) is 0 Å². The summed E-state index contributed by atoms with van der Waals surface area (Å²) in [6, 6.07) is 10.1. The van der Waals surface area contributed by atoms with Crippen molar-refractivity contribution in [3.05, 3.63) is 57.5 Å². The summed E-state index contributed by atoms with van der Waals surface area (Å²) in [6.45, 7) is 2.04. The first-order chi connectivity index (χ1) is 8.66. The van der Waals surface area contributed by atoms with Crippen LogP contribution in [0.5, 0.6) is 0 Å². The first-order valence-electron chi connectivity index (χ1n) is 5.57. The molecule has 0 aliphatic rings. The zero-order valence-corrected chi connectivity index (χ0v) is 10.8. The molecule has 0 atom stereocenters. The molecule has 0 amide bonds. The molecule has 0 saturated carbocycles. The Morgan fingerprint density at radius 2 is 2.06 bits per heavy atom. The van der Waals surface area contributed by atoms with Crippen molar-refractivity contribution in [1.82, 2.24) is 0 Å². The maximum Gasteiger partial charge on any atom is 0.198 e. The van der Waals surface area contributed by atoms with Gasteiger partial charge in [0.05, 0.1) is 11.5 Å². The van der Waals surface area contributed by atoms with Crippen LogP contribution in [0, 0.1) is 12.7 Å². The van der Waals surface area contributed by atoms with Crippen LogP contribution >= 0.6 is 11.3 Å². The molecule has 1 heterocycles. The van der Waals surface area contributed by atoms with Gasteiger partial charge in [-0.2, -0.15) is 0 Å². The van der Waals surface area contributed by atoms with E-state index in [0.29, 0.717) is 10.4 Å². The van der Waals surface area contributed by atoms with E-state index < -0.39 is 0 Å². The summed E-state index contributed by atoms with van der Waals surface area (Å²) in [4.78, 5) is 13.5. The van der Waals surface area contributed by atoms with Crippen molar-refractivity contribution in [1.29, 1.82) is 0 Å². The molecule has 0 spiro atoms. The van der Waals surface area contributed by atoms with Crippen LogP contribution in [-0.4, -0.2) is 12.4 Å². The van der Waals surface area contributed by atoms with Gasteiger partial charge < -0.3 is 4.74 Å². The van der Waals surface area contributed by atoms with Gasteiger partial charge in [0.25, 0.3) is 0 Å². The number of hydrogen-bond acceptors (Lipinski definition) is 3. The van der Waals surface area contributed by atoms with Crippen LogP contribution in [-0.2, 0) is 11.3 Å². The molecule has 0 bridgehead atoms. The van der Waals surface area contributed by atoms with Crippen molar-refractivity contribution in [2.24, 2.45) is 0 Å². The van der Waals surface area contributed by atoms with Crippen molar-refractivity contribution in [3.63, 3.8) is 0 Å². The molecule has 94 valence electrons. The molecule has 0 N–H and O–H groups in total. The summed E-state index contributed by atoms with van der Waals surface area (Å²) in [5.74, 6) is -0.374. The third kappa shape index (κ3) is 3.24. The summed E-state index contributed by atoms with van der Waals surface area (Å²) < 4.78 is 18.5. The fraction of sp³-hybridized carbons (Fsp3) is 0.214. The maximum atomic E-state index is 13.3. The molecule has 2 rings (SSSR count). The van der Waals surface area contributed by atoms with Gasteiger partial charge in [0.1, 0.15) is 12.4 Å². The SMILES string of the molecule is Cc1ccc(C(=O)COCc2ccccc2F)s1. The Morgan fingerprint density at radius 3 is 2.72 bits per heavy atom. The smallest absolute Gasteiger partial charge is 0.198 e. The second-order valence-electron chi connectivity index (χ2n) is 3.92. The largest absolute Gasteiger partial charge is 0.368 e. The molecule has 0 aliphatic carbocycles. The van der Waals surface area contributed by atoms with Crippen molar-refractivity contribution < 1.29 is 13.9 Å². The quantitative estimate of drug-likeness (QED) is 0.771. The van der Waals surface area contributed by atoms with Crippen LogP contribution in [0.4, 0.5) is 4.39 Å². The zero-order valence-electron chi connectivity index (χ0n) is 9.98. The topological polar surface area (TPSA) is 26.3 Å². The first-order valence-corrected chi connectivity index (χ1v) is 6.39. The number of thiophene rings is 1. The van der Waals surface area contributed by atoms with Gasteiger partial charge in [0.2, 0.25) is 0 Å². The molecular weight excluding hydrogens is 251 g/mol. The van der Waals surface area contributed by atoms with Gasteiger partial charge in [0.15, 0.2) is 5.78 Å². The number of rotatable bonds is 5. The summed E-state index contributed by atoms with van der Waals surface area (Å²) in [5, 5.41) is 0. The summed E-state index contributed by atoms with van der Waals surface area (Å²) in [7, 11) is 0. The Morgan fingerprint density at radius 1 is 1.28 bits per heavy atom. The third-order valence-corrected chi connectivity index (χ3v) is 3.51. The van der Waals surface area contributed by atoms with Crippen LogP contribution in [0.25, 0.3) is 0 Å². The number of ether oxygens (including phenoxy) is 1. The summed E-state index contributed by atoms with van der Waals surface area (Å²) in [6.07, 6.45) is 0. The molecule has 2 nitrogen and oxygen atoms in total. The van der Waals surface area contributed by atoms with Gasteiger partial charge in [-0.1, -0.05) is 18.2 Å². The minimum atomic E-state index is -0.308. The Balaban J connectivity index is 1.86. The number of halogens is 1. The summed E-state index contributed by atoms with van der Waals surface area (Å²) in [5.41, 5.74) is 0.465. The lowest BCUT2D eigenvalue weighted by molar-refractivity contribution is 0.0725. The average molecular weight is 264 g/mol. The lowest BCUT2D eigenvalue weighted by Gasteiger charge is -2.03. The predicted molar refractivity (Wildman–Crippen MR) is 69.4 cm³/mol. The highest BCUT2D eigenvalue weighted by molar-refractivity contribution is 7.14. The van der Waals surface area contributed by atoms with Gasteiger partial charge in [-0.3, -0.25) is 4.79 Å². The third-order valence-electron chi connectivity index (χ3n) is 2.46. The van der Waals surface area contributed by atoms with Gasteiger partial charge in [0, 0.05) is 10.4 Å². The lowest BCUT2D eigenvalue weighted by Crippen LogP contribution is -2.08. The predicted octanol–water partition coefficient (Wildman–Crippen LogP) is 3.60. The zero-order chi connectivity index (χ0) is 13.0. The second kappa shape index (κ2) is 5.89. The van der Waals surface area contributed by atoms with Crippen LogP contribution in [0.1, 0.15) is 20.1 Å². The van der Waals surface area contributed by atoms with E-state index in [9.17, 15) is 9.18 Å². The fourth-order valence-corrected chi connectivity index (χ4v) is 2.32. The molecule has 18 heavy (non-hydrogen) atoms. The van der Waals surface area contributed by atoms with Crippen LogP contribution in [0.15, 0.2) is 36.4 Å². The lowest BCUT2D eigenvalue weighted by atomic mass is 10.2. The number of Topliss-reactive ketones (excluding diaryl/α,β-unsaturated/α-hetero) is 1. The Bertz CT molecular complexity index is 548. The molecule has 2 aromatic rings. The number of benzene rings is 1. The molecule has 0 saturated heterocycles. The molecule has 0 unspecified atom stereocenters. The van der Waals surface area contributed by atoms with Crippen molar-refractivity contribution in [3.8, 4) is 0 Å². The number of aryl methyl sites for hydroxylation is 1. The number of carbonyl (C=O) groups is 1. The molecule has 1 aromatic carbocycles. The van der Waals surface area contributed by atoms with E-state index in [2.05, 4.69) is 0 Å². The second-order valence-corrected chi connectivity index (χ2v) is 5.21. The van der Waals surface area contributed by atoms with E-state index in [4.69, 9.17) is 4.74 Å². The van der Waals surface area contributed by atoms with E-state index in [1.54, 1.807) is 24.3 Å². The van der Waals surface area contributed by atoms with Crippen molar-refractivity contribution in [2.45, 2.75) is 13.5 Å². The highest BCUT2D eigenvalue weighted by Crippen LogP contribution is 2.16. The normalized spacial score (nSPS) is 10.6. The highest BCUT2D eigenvalue weighted by atomic mass is 32.1. The monoisotopic (exact) mass is 264 g/mol. The Kier molecular flexibility index (Phi) is 4.23. The molecule has 4 heteroatoms. The van der Waals surface area contributed by atoms with E-state index >= 15 is 0 Å². The number of ketones is 1. The average Bonchev–Trinajstić information content (AvgIpc) is 2.78. The van der Waals surface area contributed by atoms with E-state index in [-0.39, 0.29) is 24.8 Å². The first kappa shape index (κ1) is 12.9. The van der Waals surface area contributed by atoms with Gasteiger partial charge in [-0.05, 0) is 25.1 Å². The standard InChI is InChI=1S/C14H13FO2S/c1-10-6-7-14(18-10)13(16)9-17-8-11-4-2-3-5-12(11)15/h2-7H,8-9H2,1H3. The maximum absolute atomic E-state index is 13.3. The van der Waals surface area contributed by atoms with Crippen LogP contribution < -0.4 is 0 Å². The molecule has 0 fully saturated rings. The Hall–Kier alpha value is -1.52. The fourth-order valence-electron chi connectivity index (χ4n) is 1.52. The van der Waals surface area contributed by atoms with Gasteiger partial charge >= 0.3 is 0 Å². The summed E-state index contributed by atoms with van der Waals surface area (Å²) >= 11 is 1.44. The number of hydrogen-bond donors (Lipinski definition) is 0. The van der Waals surface area contributed by atoms with Crippen molar-refractivity contribution >= 4 is 17.1 Å². The van der Waals surface area contributed by atoms with Gasteiger partial charge in [-0.25, -0.2) is 4.39 Å². The van der Waals surface area contributed by atoms with E-state index in [1.807, 2.05) is 13.0 Å². The van der Waals surface area contributed by atoms with Crippen molar-refractivity contribution in [2.75, 3.05) is 6.61 Å². The highest BCUT2D eigenvalue weighted by Gasteiger charge is 2.09. The minimum absolute atomic E-state index is 0.0196. The minimum Gasteiger partial charge on any atom is -0.368 e. The van der Waals surface area contributed by atoms with Gasteiger partial charge in [-0.15, -0.1) is 11.3 Å². The van der Waals surface area contributed by atoms with Crippen LogP contribution in [0.3, 0.4) is 0 Å².